The van der Waals surface area contributed by atoms with Crippen LogP contribution in [0.3, 0.4) is 0 Å². The van der Waals surface area contributed by atoms with Gasteiger partial charge in [0.15, 0.2) is 0 Å². The molecule has 5 heteroatoms. The van der Waals surface area contributed by atoms with Gasteiger partial charge < -0.3 is 15.8 Å². The third-order valence-electron chi connectivity index (χ3n) is 1.51. The van der Waals surface area contributed by atoms with E-state index >= 15 is 0 Å². The molecule has 1 fully saturated rings. The van der Waals surface area contributed by atoms with E-state index < -0.39 is 0 Å². The summed E-state index contributed by atoms with van der Waals surface area (Å²) in [4.78, 5) is 0. The standard InChI is InChI=1S/C5H12N2O.2ClH/c1-8-5-3-7-2-4(5)6;;/h4-5,7H,2-3,6H2,1H3;2*1H/t4-,5+;;/m0../s1. The van der Waals surface area contributed by atoms with Crippen molar-refractivity contribution in [2.45, 2.75) is 12.1 Å². The largest absolute Gasteiger partial charge is 0.378 e. The maximum absolute atomic E-state index is 5.60. The number of nitrogens with one attached hydrogen (secondary N) is 1. The zero-order chi connectivity index (χ0) is 5.98. The highest BCUT2D eigenvalue weighted by atomic mass is 35.5. The van der Waals surface area contributed by atoms with Crippen LogP contribution in [-0.4, -0.2) is 32.3 Å². The van der Waals surface area contributed by atoms with E-state index in [4.69, 9.17) is 10.5 Å². The SMILES string of the molecule is CO[C@@H]1CNC[C@@H]1N.Cl.Cl. The summed E-state index contributed by atoms with van der Waals surface area (Å²) >= 11 is 0. The maximum Gasteiger partial charge on any atom is 0.0858 e. The number of hydrogen-bond acceptors (Lipinski definition) is 3. The van der Waals surface area contributed by atoms with Gasteiger partial charge in [0.1, 0.15) is 0 Å². The Morgan fingerprint density at radius 3 is 2.20 bits per heavy atom. The van der Waals surface area contributed by atoms with Crippen molar-refractivity contribution in [2.75, 3.05) is 20.2 Å². The molecule has 0 saturated carbocycles. The Bertz CT molecular complexity index is 84.0. The number of nitrogens with two attached hydrogens (primary N) is 1. The first-order chi connectivity index (χ1) is 3.84. The van der Waals surface area contributed by atoms with Crippen LogP contribution < -0.4 is 11.1 Å². The van der Waals surface area contributed by atoms with Crippen LogP contribution in [0.5, 0.6) is 0 Å². The minimum atomic E-state index is 0. The molecule has 0 spiro atoms. The second-order valence-electron chi connectivity index (χ2n) is 2.10. The molecule has 3 N–H and O–H groups in total. The van der Waals surface area contributed by atoms with Crippen molar-refractivity contribution in [1.82, 2.24) is 5.32 Å². The van der Waals surface area contributed by atoms with E-state index in [-0.39, 0.29) is 37.0 Å². The second kappa shape index (κ2) is 6.19. The first-order valence-corrected chi connectivity index (χ1v) is 2.83. The van der Waals surface area contributed by atoms with Crippen LogP contribution in [0.15, 0.2) is 0 Å². The van der Waals surface area contributed by atoms with Crippen LogP contribution in [0.2, 0.25) is 0 Å². The van der Waals surface area contributed by atoms with Crippen LogP contribution in [0.4, 0.5) is 0 Å². The van der Waals surface area contributed by atoms with Crippen molar-refractivity contribution in [3.63, 3.8) is 0 Å². The van der Waals surface area contributed by atoms with Gasteiger partial charge in [0.25, 0.3) is 0 Å². The third kappa shape index (κ3) is 3.03. The van der Waals surface area contributed by atoms with E-state index in [2.05, 4.69) is 5.32 Å². The monoisotopic (exact) mass is 188 g/mol. The third-order valence-corrected chi connectivity index (χ3v) is 1.51. The van der Waals surface area contributed by atoms with Gasteiger partial charge in [-0.3, -0.25) is 0 Å². The molecule has 0 bridgehead atoms. The number of methoxy groups -OCH3 is 1. The average Bonchev–Trinajstić information content (AvgIpc) is 2.14. The van der Waals surface area contributed by atoms with Crippen molar-refractivity contribution >= 4 is 24.8 Å². The first kappa shape index (κ1) is 13.1. The van der Waals surface area contributed by atoms with Crippen molar-refractivity contribution in [3.8, 4) is 0 Å². The van der Waals surface area contributed by atoms with Gasteiger partial charge in [-0.1, -0.05) is 0 Å². The summed E-state index contributed by atoms with van der Waals surface area (Å²) in [6.07, 6.45) is 0.231. The van der Waals surface area contributed by atoms with Crippen molar-refractivity contribution in [1.29, 1.82) is 0 Å². The fraction of sp³-hybridized carbons (Fsp3) is 1.00. The van der Waals surface area contributed by atoms with Crippen LogP contribution in [0.25, 0.3) is 0 Å². The van der Waals surface area contributed by atoms with E-state index in [1.165, 1.54) is 0 Å². The molecule has 0 aromatic rings. The summed E-state index contributed by atoms with van der Waals surface area (Å²) in [5.74, 6) is 0. The Kier molecular flexibility index (Phi) is 8.09. The summed E-state index contributed by atoms with van der Waals surface area (Å²) in [6.45, 7) is 1.79. The van der Waals surface area contributed by atoms with E-state index in [1.807, 2.05) is 0 Å². The molecule has 10 heavy (non-hydrogen) atoms. The Balaban J connectivity index is 0. The molecule has 0 unspecified atom stereocenters. The molecule has 0 aromatic heterocycles. The molecule has 1 aliphatic heterocycles. The van der Waals surface area contributed by atoms with Crippen molar-refractivity contribution < 1.29 is 4.74 Å². The number of ether oxygens (including phenoxy) is 1. The Labute approximate surface area is 73.5 Å². The molecule has 3 nitrogen and oxygen atoms in total. The van der Waals surface area contributed by atoms with Crippen LogP contribution in [-0.2, 0) is 4.74 Å². The van der Waals surface area contributed by atoms with Gasteiger partial charge in [-0.15, -0.1) is 24.8 Å². The highest BCUT2D eigenvalue weighted by Gasteiger charge is 2.22. The zero-order valence-corrected chi connectivity index (χ0v) is 7.50. The van der Waals surface area contributed by atoms with Crippen LogP contribution in [0.1, 0.15) is 0 Å². The summed E-state index contributed by atoms with van der Waals surface area (Å²) in [7, 11) is 1.69. The lowest BCUT2D eigenvalue weighted by Gasteiger charge is -2.10. The minimum Gasteiger partial charge on any atom is -0.378 e. The summed E-state index contributed by atoms with van der Waals surface area (Å²) < 4.78 is 5.04. The number of halogens is 2. The molecule has 1 rings (SSSR count). The fourth-order valence-electron chi connectivity index (χ4n) is 0.933. The Morgan fingerprint density at radius 2 is 2.00 bits per heavy atom. The Hall–Kier alpha value is 0.460. The normalized spacial score (nSPS) is 30.6. The van der Waals surface area contributed by atoms with E-state index in [9.17, 15) is 0 Å². The molecule has 1 saturated heterocycles. The molecule has 64 valence electrons. The van der Waals surface area contributed by atoms with Crippen molar-refractivity contribution in [2.24, 2.45) is 5.73 Å². The van der Waals surface area contributed by atoms with E-state index in [0.717, 1.165) is 13.1 Å². The molecule has 1 aliphatic rings. The second-order valence-corrected chi connectivity index (χ2v) is 2.10. The minimum absolute atomic E-state index is 0. The van der Waals surface area contributed by atoms with Gasteiger partial charge in [-0.25, -0.2) is 0 Å². The lowest BCUT2D eigenvalue weighted by atomic mass is 10.2. The van der Waals surface area contributed by atoms with Gasteiger partial charge in [-0.05, 0) is 0 Å². The lowest BCUT2D eigenvalue weighted by Crippen LogP contribution is -2.34. The Morgan fingerprint density at radius 1 is 1.40 bits per heavy atom. The van der Waals surface area contributed by atoms with Gasteiger partial charge in [0.05, 0.1) is 6.10 Å². The van der Waals surface area contributed by atoms with Gasteiger partial charge in [0.2, 0.25) is 0 Å². The first-order valence-electron chi connectivity index (χ1n) is 2.83. The summed E-state index contributed by atoms with van der Waals surface area (Å²) in [5, 5.41) is 3.12. The quantitative estimate of drug-likeness (QED) is 0.599. The smallest absolute Gasteiger partial charge is 0.0858 e. The molecule has 2 atom stereocenters. The van der Waals surface area contributed by atoms with Crippen LogP contribution in [0, 0.1) is 0 Å². The van der Waals surface area contributed by atoms with Gasteiger partial charge in [-0.2, -0.15) is 0 Å². The molecular weight excluding hydrogens is 175 g/mol. The topological polar surface area (TPSA) is 47.3 Å². The molecule has 0 amide bonds. The number of rotatable bonds is 1. The highest BCUT2D eigenvalue weighted by Crippen LogP contribution is 1.98. The summed E-state index contributed by atoms with van der Waals surface area (Å²) in [6, 6.07) is 0.194. The molecular formula is C5H14Cl2N2O. The fourth-order valence-corrected chi connectivity index (χ4v) is 0.933. The number of hydrogen-bond donors (Lipinski definition) is 2. The molecule has 1 heterocycles. The molecule has 0 aliphatic carbocycles. The maximum atomic E-state index is 5.60. The predicted octanol–water partition coefficient (Wildman–Crippen LogP) is -0.224. The lowest BCUT2D eigenvalue weighted by molar-refractivity contribution is 0.107. The predicted molar refractivity (Wildman–Crippen MR) is 46.1 cm³/mol. The molecule has 0 aromatic carbocycles. The highest BCUT2D eigenvalue weighted by molar-refractivity contribution is 5.85. The van der Waals surface area contributed by atoms with Crippen molar-refractivity contribution in [3.05, 3.63) is 0 Å². The van der Waals surface area contributed by atoms with Gasteiger partial charge >= 0.3 is 0 Å². The average molecular weight is 189 g/mol. The van der Waals surface area contributed by atoms with E-state index in [1.54, 1.807) is 7.11 Å². The van der Waals surface area contributed by atoms with Crippen LogP contribution >= 0.6 is 24.8 Å². The summed E-state index contributed by atoms with van der Waals surface area (Å²) in [5.41, 5.74) is 5.60. The zero-order valence-electron chi connectivity index (χ0n) is 5.87. The van der Waals surface area contributed by atoms with E-state index in [0.29, 0.717) is 0 Å². The van der Waals surface area contributed by atoms with Gasteiger partial charge in [0, 0.05) is 26.2 Å². The molecule has 0 radical (unpaired) electrons.